The molecule has 1 aliphatic rings. The van der Waals surface area contributed by atoms with E-state index in [1.54, 1.807) is 40.5 Å². The normalized spacial score (nSPS) is 11.9. The lowest BCUT2D eigenvalue weighted by Crippen LogP contribution is -2.44. The molecule has 1 aromatic heterocycles. The standard InChI is InChI=1S/C26H28ClN3O4S/c1-3-10-29(26(32)28-21-6-4-5-20(27)13-21)16-25(31)30(15-24-18(2)9-11-35-24)14-19-7-8-22-23(12-19)34-17-33-22/h4-9,11-13H,3,10,14-17H2,1-2H3,(H,28,32). The van der Waals surface area contributed by atoms with Gasteiger partial charge in [0.1, 0.15) is 6.54 Å². The molecule has 1 N–H and O–H groups in total. The van der Waals surface area contributed by atoms with E-state index in [1.807, 2.05) is 43.5 Å². The fourth-order valence-electron chi connectivity index (χ4n) is 3.79. The molecule has 35 heavy (non-hydrogen) atoms. The Hall–Kier alpha value is -3.23. The molecule has 0 radical (unpaired) electrons. The van der Waals surface area contributed by atoms with Gasteiger partial charge in [0.25, 0.3) is 0 Å². The Labute approximate surface area is 214 Å². The zero-order valence-corrected chi connectivity index (χ0v) is 21.3. The third-order valence-corrected chi connectivity index (χ3v) is 6.89. The highest BCUT2D eigenvalue weighted by Crippen LogP contribution is 2.33. The van der Waals surface area contributed by atoms with Crippen LogP contribution in [0.1, 0.15) is 29.3 Å². The van der Waals surface area contributed by atoms with E-state index in [1.165, 1.54) is 4.90 Å². The van der Waals surface area contributed by atoms with E-state index in [-0.39, 0.29) is 25.3 Å². The summed E-state index contributed by atoms with van der Waals surface area (Å²) in [6.45, 7) is 5.49. The van der Waals surface area contributed by atoms with Crippen LogP contribution in [0, 0.1) is 6.92 Å². The lowest BCUT2D eigenvalue weighted by atomic mass is 10.1. The number of halogens is 1. The smallest absolute Gasteiger partial charge is 0.322 e. The topological polar surface area (TPSA) is 71.1 Å². The van der Waals surface area contributed by atoms with Gasteiger partial charge < -0.3 is 24.6 Å². The molecule has 184 valence electrons. The molecule has 0 spiro atoms. The number of anilines is 1. The molecule has 0 saturated carbocycles. The van der Waals surface area contributed by atoms with Crippen molar-refractivity contribution >= 4 is 40.6 Å². The highest BCUT2D eigenvalue weighted by molar-refractivity contribution is 7.10. The van der Waals surface area contributed by atoms with E-state index in [9.17, 15) is 9.59 Å². The Balaban J connectivity index is 1.51. The minimum absolute atomic E-state index is 0.0325. The van der Waals surface area contributed by atoms with Crippen molar-refractivity contribution in [3.8, 4) is 11.5 Å². The summed E-state index contributed by atoms with van der Waals surface area (Å²) in [5.74, 6) is 1.24. The molecule has 0 fully saturated rings. The Morgan fingerprint density at radius 1 is 1.06 bits per heavy atom. The lowest BCUT2D eigenvalue weighted by Gasteiger charge is -2.28. The van der Waals surface area contributed by atoms with Crippen LogP contribution in [-0.2, 0) is 17.9 Å². The van der Waals surface area contributed by atoms with Gasteiger partial charge in [0.2, 0.25) is 12.7 Å². The van der Waals surface area contributed by atoms with E-state index in [0.29, 0.717) is 41.8 Å². The van der Waals surface area contributed by atoms with Crippen LogP contribution < -0.4 is 14.8 Å². The number of carbonyl (C=O) groups excluding carboxylic acids is 2. The first kappa shape index (κ1) is 24.9. The van der Waals surface area contributed by atoms with Crippen LogP contribution in [0.25, 0.3) is 0 Å². The van der Waals surface area contributed by atoms with Gasteiger partial charge in [-0.1, -0.05) is 30.7 Å². The Morgan fingerprint density at radius 2 is 1.89 bits per heavy atom. The van der Waals surface area contributed by atoms with Gasteiger partial charge in [-0.3, -0.25) is 4.79 Å². The van der Waals surface area contributed by atoms with Crippen molar-refractivity contribution in [3.63, 3.8) is 0 Å². The minimum atomic E-state index is -0.335. The highest BCUT2D eigenvalue weighted by Gasteiger charge is 2.23. The van der Waals surface area contributed by atoms with Gasteiger partial charge in [-0.25, -0.2) is 4.79 Å². The van der Waals surface area contributed by atoms with Gasteiger partial charge in [-0.2, -0.15) is 0 Å². The number of rotatable bonds is 9. The van der Waals surface area contributed by atoms with Crippen molar-refractivity contribution in [2.24, 2.45) is 0 Å². The summed E-state index contributed by atoms with van der Waals surface area (Å²) >= 11 is 7.67. The van der Waals surface area contributed by atoms with Crippen LogP contribution in [0.4, 0.5) is 10.5 Å². The molecule has 0 bridgehead atoms. The maximum absolute atomic E-state index is 13.5. The Bertz CT molecular complexity index is 1200. The number of thiophene rings is 1. The predicted molar refractivity (Wildman–Crippen MR) is 138 cm³/mol. The number of urea groups is 1. The number of fused-ring (bicyclic) bond motifs is 1. The molecule has 3 amide bonds. The Morgan fingerprint density at radius 3 is 2.63 bits per heavy atom. The molecule has 9 heteroatoms. The first-order chi connectivity index (χ1) is 16.9. The summed E-state index contributed by atoms with van der Waals surface area (Å²) in [6, 6.07) is 14.4. The van der Waals surface area contributed by atoms with Crippen molar-refractivity contribution in [2.75, 3.05) is 25.2 Å². The third kappa shape index (κ3) is 6.46. The number of amides is 3. The average molecular weight is 514 g/mol. The van der Waals surface area contributed by atoms with Crippen LogP contribution in [-0.4, -0.2) is 41.6 Å². The summed E-state index contributed by atoms with van der Waals surface area (Å²) in [4.78, 5) is 31.0. The van der Waals surface area contributed by atoms with Crippen LogP contribution in [0.5, 0.6) is 11.5 Å². The number of nitrogens with one attached hydrogen (secondary N) is 1. The number of hydrogen-bond donors (Lipinski definition) is 1. The van der Waals surface area contributed by atoms with Crippen molar-refractivity contribution in [1.29, 1.82) is 0 Å². The van der Waals surface area contributed by atoms with Crippen LogP contribution in [0.3, 0.4) is 0 Å². The molecule has 0 saturated heterocycles. The van der Waals surface area contributed by atoms with Gasteiger partial charge in [0.05, 0.1) is 6.54 Å². The predicted octanol–water partition coefficient (Wildman–Crippen LogP) is 5.91. The molecule has 2 heterocycles. The number of ether oxygens (including phenoxy) is 2. The molecule has 0 atom stereocenters. The molecule has 4 rings (SSSR count). The summed E-state index contributed by atoms with van der Waals surface area (Å²) in [5.41, 5.74) is 2.66. The molecular weight excluding hydrogens is 486 g/mol. The SMILES string of the molecule is CCCN(CC(=O)N(Cc1ccc2c(c1)OCO2)Cc1sccc1C)C(=O)Nc1cccc(Cl)c1. The minimum Gasteiger partial charge on any atom is -0.454 e. The summed E-state index contributed by atoms with van der Waals surface area (Å²) in [6.07, 6.45) is 0.725. The first-order valence-electron chi connectivity index (χ1n) is 11.4. The number of benzene rings is 2. The summed E-state index contributed by atoms with van der Waals surface area (Å²) in [7, 11) is 0. The maximum atomic E-state index is 13.5. The lowest BCUT2D eigenvalue weighted by molar-refractivity contribution is -0.133. The van der Waals surface area contributed by atoms with Crippen molar-refractivity contribution < 1.29 is 19.1 Å². The van der Waals surface area contributed by atoms with Gasteiger partial charge in [-0.15, -0.1) is 11.3 Å². The molecule has 3 aromatic rings. The molecule has 0 unspecified atom stereocenters. The molecule has 7 nitrogen and oxygen atoms in total. The fourth-order valence-corrected chi connectivity index (χ4v) is 4.90. The monoisotopic (exact) mass is 513 g/mol. The van der Waals surface area contributed by atoms with Gasteiger partial charge in [0.15, 0.2) is 11.5 Å². The number of aryl methyl sites for hydroxylation is 1. The van der Waals surface area contributed by atoms with Crippen LogP contribution >= 0.6 is 22.9 Å². The maximum Gasteiger partial charge on any atom is 0.322 e. The van der Waals surface area contributed by atoms with E-state index >= 15 is 0 Å². The largest absolute Gasteiger partial charge is 0.454 e. The fraction of sp³-hybridized carbons (Fsp3) is 0.308. The number of hydrogen-bond acceptors (Lipinski definition) is 5. The second-order valence-corrected chi connectivity index (χ2v) is 9.76. The van der Waals surface area contributed by atoms with E-state index < -0.39 is 0 Å². The second-order valence-electron chi connectivity index (χ2n) is 8.33. The van der Waals surface area contributed by atoms with E-state index in [4.69, 9.17) is 21.1 Å². The number of carbonyl (C=O) groups is 2. The third-order valence-electron chi connectivity index (χ3n) is 5.65. The van der Waals surface area contributed by atoms with E-state index in [2.05, 4.69) is 5.32 Å². The van der Waals surface area contributed by atoms with Crippen molar-refractivity contribution in [2.45, 2.75) is 33.4 Å². The van der Waals surface area contributed by atoms with Gasteiger partial charge >= 0.3 is 6.03 Å². The van der Waals surface area contributed by atoms with Crippen molar-refractivity contribution in [1.82, 2.24) is 9.80 Å². The average Bonchev–Trinajstić information content (AvgIpc) is 3.46. The molecular formula is C26H28ClN3O4S. The van der Waals surface area contributed by atoms with Crippen LogP contribution in [0.2, 0.25) is 5.02 Å². The number of nitrogens with zero attached hydrogens (tertiary/aromatic N) is 2. The summed E-state index contributed by atoms with van der Waals surface area (Å²) < 4.78 is 10.9. The van der Waals surface area contributed by atoms with E-state index in [0.717, 1.165) is 22.4 Å². The highest BCUT2D eigenvalue weighted by atomic mass is 35.5. The van der Waals surface area contributed by atoms with Crippen LogP contribution in [0.15, 0.2) is 53.9 Å². The first-order valence-corrected chi connectivity index (χ1v) is 12.7. The summed E-state index contributed by atoms with van der Waals surface area (Å²) in [5, 5.41) is 5.40. The zero-order valence-electron chi connectivity index (χ0n) is 19.8. The molecule has 1 aliphatic heterocycles. The van der Waals surface area contributed by atoms with Gasteiger partial charge in [0, 0.05) is 28.7 Å². The quantitative estimate of drug-likeness (QED) is 0.386. The van der Waals surface area contributed by atoms with Crippen molar-refractivity contribution in [3.05, 3.63) is 74.9 Å². The molecule has 0 aliphatic carbocycles. The van der Waals surface area contributed by atoms with Gasteiger partial charge in [-0.05, 0) is 66.2 Å². The second kappa shape index (κ2) is 11.5. The Kier molecular flexibility index (Phi) is 8.15. The zero-order chi connectivity index (χ0) is 24.8. The molecule has 2 aromatic carbocycles.